The molecule has 0 radical (unpaired) electrons. The lowest BCUT2D eigenvalue weighted by Crippen LogP contribution is -2.50. The molecule has 1 aliphatic rings. The molecule has 4 atom stereocenters. The number of amides is 1. The summed E-state index contributed by atoms with van der Waals surface area (Å²) in [6, 6.07) is 9.86. The molecular formula is C27H28F2N2O5. The van der Waals surface area contributed by atoms with Crippen molar-refractivity contribution in [3.63, 3.8) is 0 Å². The second kappa shape index (κ2) is 11.6. The van der Waals surface area contributed by atoms with Gasteiger partial charge in [-0.3, -0.25) is 9.78 Å². The molecule has 2 aromatic carbocycles. The van der Waals surface area contributed by atoms with Crippen LogP contribution in [0, 0.1) is 11.6 Å². The van der Waals surface area contributed by atoms with Gasteiger partial charge in [-0.1, -0.05) is 12.1 Å². The highest BCUT2D eigenvalue weighted by atomic mass is 19.1. The van der Waals surface area contributed by atoms with E-state index in [1.165, 1.54) is 6.08 Å². The molecule has 1 aliphatic heterocycles. The minimum atomic E-state index is -0.831. The van der Waals surface area contributed by atoms with E-state index in [1.54, 1.807) is 13.3 Å². The number of hydrogen-bond donors (Lipinski definition) is 3. The van der Waals surface area contributed by atoms with Gasteiger partial charge in [0.1, 0.15) is 23.5 Å². The lowest BCUT2D eigenvalue weighted by molar-refractivity contribution is -0.126. The van der Waals surface area contributed by atoms with Crippen LogP contribution in [0.4, 0.5) is 8.78 Å². The summed E-state index contributed by atoms with van der Waals surface area (Å²) in [7, 11) is 1.55. The molecule has 1 amide bonds. The second-order valence-corrected chi connectivity index (χ2v) is 8.71. The first kappa shape index (κ1) is 25.7. The molecule has 1 fully saturated rings. The Morgan fingerprint density at radius 3 is 2.89 bits per heavy atom. The minimum absolute atomic E-state index is 0.0425. The van der Waals surface area contributed by atoms with Crippen molar-refractivity contribution in [3.8, 4) is 5.75 Å². The third kappa shape index (κ3) is 6.04. The monoisotopic (exact) mass is 498 g/mol. The number of fused-ring (bicyclic) bond motifs is 1. The maximum atomic E-state index is 13.8. The number of aliphatic hydroxyl groups is 2. The Morgan fingerprint density at radius 1 is 1.28 bits per heavy atom. The maximum absolute atomic E-state index is 13.8. The van der Waals surface area contributed by atoms with E-state index in [0.717, 1.165) is 35.2 Å². The Bertz CT molecular complexity index is 1250. The number of nitrogens with one attached hydrogen (secondary N) is 1. The molecule has 0 saturated carbocycles. The Labute approximate surface area is 207 Å². The lowest BCUT2D eigenvalue weighted by atomic mass is 9.92. The summed E-state index contributed by atoms with van der Waals surface area (Å²) < 4.78 is 38.3. The van der Waals surface area contributed by atoms with Crippen LogP contribution in [0.1, 0.15) is 36.5 Å². The molecule has 0 spiro atoms. The van der Waals surface area contributed by atoms with E-state index in [9.17, 15) is 23.8 Å². The van der Waals surface area contributed by atoms with Gasteiger partial charge in [0.05, 0.1) is 43.7 Å². The molecule has 9 heteroatoms. The Morgan fingerprint density at radius 2 is 2.11 bits per heavy atom. The summed E-state index contributed by atoms with van der Waals surface area (Å²) in [5.41, 5.74) is 1.39. The molecule has 190 valence electrons. The smallest absolute Gasteiger partial charge is 0.244 e. The molecule has 0 unspecified atom stereocenters. The van der Waals surface area contributed by atoms with Crippen LogP contribution in [0.15, 0.2) is 54.7 Å². The van der Waals surface area contributed by atoms with Gasteiger partial charge in [-0.05, 0) is 54.8 Å². The summed E-state index contributed by atoms with van der Waals surface area (Å²) in [5.74, 6) is -1.17. The quantitative estimate of drug-likeness (QED) is 0.410. The van der Waals surface area contributed by atoms with Crippen LogP contribution in [0.2, 0.25) is 0 Å². The molecular weight excluding hydrogens is 470 g/mol. The number of carbonyl (C=O) groups is 1. The van der Waals surface area contributed by atoms with Gasteiger partial charge in [0, 0.05) is 23.4 Å². The third-order valence-electron chi connectivity index (χ3n) is 6.31. The SMILES string of the molecule is COc1cnc2cccc([C@H](O)C[C@@H]3CC[C@@H](NC(=O)/C=C/c4cc(F)ccc4F)[C@@H](CO)O3)c2c1. The molecule has 36 heavy (non-hydrogen) atoms. The van der Waals surface area contributed by atoms with E-state index in [4.69, 9.17) is 9.47 Å². The Balaban J connectivity index is 1.37. The van der Waals surface area contributed by atoms with E-state index in [1.807, 2.05) is 24.3 Å². The highest BCUT2D eigenvalue weighted by molar-refractivity contribution is 5.92. The number of rotatable bonds is 8. The lowest BCUT2D eigenvalue weighted by Gasteiger charge is -2.36. The molecule has 2 heterocycles. The van der Waals surface area contributed by atoms with Crippen molar-refractivity contribution >= 4 is 22.9 Å². The fourth-order valence-corrected chi connectivity index (χ4v) is 4.44. The van der Waals surface area contributed by atoms with Crippen molar-refractivity contribution in [1.29, 1.82) is 0 Å². The van der Waals surface area contributed by atoms with Crippen molar-refractivity contribution in [2.24, 2.45) is 0 Å². The van der Waals surface area contributed by atoms with Gasteiger partial charge >= 0.3 is 0 Å². The molecule has 7 nitrogen and oxygen atoms in total. The predicted octanol–water partition coefficient (Wildman–Crippen LogP) is 3.68. The summed E-state index contributed by atoms with van der Waals surface area (Å²) in [5, 5.41) is 24.4. The highest BCUT2D eigenvalue weighted by Gasteiger charge is 2.33. The number of ether oxygens (including phenoxy) is 2. The van der Waals surface area contributed by atoms with Crippen molar-refractivity contribution < 1.29 is 33.3 Å². The van der Waals surface area contributed by atoms with Crippen molar-refractivity contribution in [2.45, 2.75) is 43.6 Å². The zero-order valence-electron chi connectivity index (χ0n) is 19.7. The van der Waals surface area contributed by atoms with Crippen molar-refractivity contribution in [1.82, 2.24) is 10.3 Å². The minimum Gasteiger partial charge on any atom is -0.495 e. The zero-order chi connectivity index (χ0) is 25.7. The first-order chi connectivity index (χ1) is 17.4. The fraction of sp³-hybridized carbons (Fsp3) is 0.333. The van der Waals surface area contributed by atoms with Crippen LogP contribution in [-0.2, 0) is 9.53 Å². The molecule has 0 aliphatic carbocycles. The van der Waals surface area contributed by atoms with Crippen LogP contribution >= 0.6 is 0 Å². The van der Waals surface area contributed by atoms with Crippen LogP contribution < -0.4 is 10.1 Å². The fourth-order valence-electron chi connectivity index (χ4n) is 4.44. The molecule has 3 aromatic rings. The largest absolute Gasteiger partial charge is 0.495 e. The van der Waals surface area contributed by atoms with Crippen LogP contribution in [0.5, 0.6) is 5.75 Å². The summed E-state index contributed by atoms with van der Waals surface area (Å²) in [6.07, 6.45) is 3.45. The van der Waals surface area contributed by atoms with Gasteiger partial charge in [-0.15, -0.1) is 0 Å². The Hall–Kier alpha value is -3.40. The zero-order valence-corrected chi connectivity index (χ0v) is 19.7. The first-order valence-corrected chi connectivity index (χ1v) is 11.7. The normalized spacial score (nSPS) is 21.0. The van der Waals surface area contributed by atoms with Crippen molar-refractivity contribution in [2.75, 3.05) is 13.7 Å². The summed E-state index contributed by atoms with van der Waals surface area (Å²) in [4.78, 5) is 16.7. The highest BCUT2D eigenvalue weighted by Crippen LogP contribution is 2.32. The van der Waals surface area contributed by atoms with Crippen molar-refractivity contribution in [3.05, 3.63) is 77.5 Å². The number of carbonyl (C=O) groups excluding carboxylic acids is 1. The van der Waals surface area contributed by atoms with E-state index >= 15 is 0 Å². The molecule has 3 N–H and O–H groups in total. The average Bonchev–Trinajstić information content (AvgIpc) is 2.89. The molecule has 1 saturated heterocycles. The number of benzene rings is 2. The Kier molecular flexibility index (Phi) is 8.25. The standard InChI is InChI=1S/C27H28F2N2O5/c1-35-19-12-21-20(3-2-4-23(21)30-14-19)25(33)13-18-7-9-24(26(15-32)36-18)31-27(34)10-5-16-11-17(28)6-8-22(16)29/h2-6,8,10-12,14,18,24-26,32-33H,7,9,13,15H2,1H3,(H,31,34)/b10-5+/t18-,24+,25+,26+/m0/s1. The summed E-state index contributed by atoms with van der Waals surface area (Å²) in [6.45, 7) is -0.324. The maximum Gasteiger partial charge on any atom is 0.244 e. The van der Waals surface area contributed by atoms with Gasteiger partial charge in [0.2, 0.25) is 5.91 Å². The number of hydrogen-bond acceptors (Lipinski definition) is 6. The van der Waals surface area contributed by atoms with Gasteiger partial charge in [0.15, 0.2) is 0 Å². The average molecular weight is 499 g/mol. The predicted molar refractivity (Wildman–Crippen MR) is 130 cm³/mol. The summed E-state index contributed by atoms with van der Waals surface area (Å²) >= 11 is 0. The number of aromatic nitrogens is 1. The van der Waals surface area contributed by atoms with Gasteiger partial charge in [-0.2, -0.15) is 0 Å². The topological polar surface area (TPSA) is 101 Å². The van der Waals surface area contributed by atoms with Gasteiger partial charge in [0.25, 0.3) is 0 Å². The van der Waals surface area contributed by atoms with E-state index in [2.05, 4.69) is 10.3 Å². The third-order valence-corrected chi connectivity index (χ3v) is 6.31. The number of aliphatic hydroxyl groups excluding tert-OH is 2. The second-order valence-electron chi connectivity index (χ2n) is 8.71. The van der Waals surface area contributed by atoms with Crippen LogP contribution in [-0.4, -0.2) is 53.1 Å². The van der Waals surface area contributed by atoms with E-state index in [-0.39, 0.29) is 18.3 Å². The van der Waals surface area contributed by atoms with Gasteiger partial charge in [-0.25, -0.2) is 8.78 Å². The van der Waals surface area contributed by atoms with E-state index < -0.39 is 35.8 Å². The number of nitrogens with zero attached hydrogens (tertiary/aromatic N) is 1. The number of pyridine rings is 1. The molecule has 1 aromatic heterocycles. The number of methoxy groups -OCH3 is 1. The molecule has 4 rings (SSSR count). The molecule has 0 bridgehead atoms. The van der Waals surface area contributed by atoms with Gasteiger partial charge < -0.3 is 25.0 Å². The van der Waals surface area contributed by atoms with E-state index in [0.29, 0.717) is 30.6 Å². The van der Waals surface area contributed by atoms with Crippen LogP contribution in [0.25, 0.3) is 17.0 Å². The first-order valence-electron chi connectivity index (χ1n) is 11.7. The van der Waals surface area contributed by atoms with Crippen LogP contribution in [0.3, 0.4) is 0 Å². The number of halogens is 2.